The van der Waals surface area contributed by atoms with Gasteiger partial charge in [-0.05, 0) is 121 Å². The normalized spacial score (nSPS) is 10.3. The number of hydrogen-bond acceptors (Lipinski definition) is 4. The van der Waals surface area contributed by atoms with Crippen LogP contribution in [0.15, 0.2) is 126 Å². The van der Waals surface area contributed by atoms with Crippen molar-refractivity contribution >= 4 is 28.5 Å². The smallest absolute Gasteiger partial charge is 0.423 e. The Morgan fingerprint density at radius 3 is 1.50 bits per heavy atom. The average Bonchev–Trinajstić information content (AvgIpc) is 3.05. The molecule has 6 aromatic rings. The average molecular weight is 679 g/mol. The van der Waals surface area contributed by atoms with E-state index in [9.17, 15) is 8.78 Å². The van der Waals surface area contributed by atoms with Crippen molar-refractivity contribution in [3.63, 3.8) is 0 Å². The monoisotopic (exact) mass is 678 g/mol. The molecule has 232 valence electrons. The summed E-state index contributed by atoms with van der Waals surface area (Å²) in [6, 6.07) is 32.0. The summed E-state index contributed by atoms with van der Waals surface area (Å²) in [6.45, 7) is 8.39. The largest absolute Gasteiger partial charge is 0.488 e. The van der Waals surface area contributed by atoms with Crippen molar-refractivity contribution in [3.05, 3.63) is 160 Å². The fourth-order valence-corrected chi connectivity index (χ4v) is 5.00. The Hall–Kier alpha value is -4.50. The number of nitrogens with zero attached hydrogens (tertiary/aromatic N) is 2. The minimum atomic E-state index is -1.51. The number of aromatic nitrogens is 2. The van der Waals surface area contributed by atoms with Gasteiger partial charge in [0.15, 0.2) is 0 Å². The Balaban J connectivity index is 0.000000168. The van der Waals surface area contributed by atoms with Crippen LogP contribution in [0.2, 0.25) is 0 Å². The predicted molar refractivity (Wildman–Crippen MR) is 188 cm³/mol. The molecular formula is C38H34BBrF2N2O2. The van der Waals surface area contributed by atoms with Crippen molar-refractivity contribution in [1.82, 2.24) is 9.97 Å². The SMILES string of the molecule is Cc1ccnc(-c2cccc(-c3ccc(F)cc3)c2)c1C.Cc1ccnc(-c2cccc(Br)c2)c1C.OB(O)c1ccc(F)cc1. The summed E-state index contributed by atoms with van der Waals surface area (Å²) in [6.07, 6.45) is 3.70. The molecule has 0 amide bonds. The lowest BCUT2D eigenvalue weighted by atomic mass is 9.80. The third-order valence-corrected chi connectivity index (χ3v) is 8.02. The molecule has 4 aromatic carbocycles. The molecule has 2 aromatic heterocycles. The standard InChI is InChI=1S/C19H16FN.C13H12BrN.C6H6BFO2/c1-13-10-11-21-19(14(13)2)17-5-3-4-16(12-17)15-6-8-18(20)9-7-15;1-9-6-7-15-13(10(9)2)11-4-3-5-12(14)8-11;8-6-3-1-5(2-4-6)7(9)10/h3-12H,1-2H3;3-8H,1-2H3;1-4,9-10H. The van der Waals surface area contributed by atoms with Crippen LogP contribution in [0, 0.1) is 39.3 Å². The Kier molecular flexibility index (Phi) is 12.1. The molecular weight excluding hydrogens is 645 g/mol. The minimum Gasteiger partial charge on any atom is -0.423 e. The molecule has 0 spiro atoms. The van der Waals surface area contributed by atoms with E-state index in [-0.39, 0.29) is 11.6 Å². The van der Waals surface area contributed by atoms with Gasteiger partial charge in [-0.2, -0.15) is 0 Å². The second-order valence-corrected chi connectivity index (χ2v) is 11.6. The maximum Gasteiger partial charge on any atom is 0.488 e. The van der Waals surface area contributed by atoms with Gasteiger partial charge in [0, 0.05) is 28.0 Å². The highest BCUT2D eigenvalue weighted by molar-refractivity contribution is 9.10. The Morgan fingerprint density at radius 2 is 1.00 bits per heavy atom. The van der Waals surface area contributed by atoms with Crippen molar-refractivity contribution in [1.29, 1.82) is 0 Å². The zero-order chi connectivity index (χ0) is 33.2. The number of aryl methyl sites for hydroxylation is 2. The molecule has 2 heterocycles. The van der Waals surface area contributed by atoms with Gasteiger partial charge in [-0.25, -0.2) is 8.78 Å². The molecule has 0 saturated heterocycles. The van der Waals surface area contributed by atoms with Crippen LogP contribution in [0.1, 0.15) is 22.3 Å². The maximum absolute atomic E-state index is 13.0. The molecule has 8 heteroatoms. The Bertz CT molecular complexity index is 1900. The van der Waals surface area contributed by atoms with Crippen LogP contribution in [0.5, 0.6) is 0 Å². The van der Waals surface area contributed by atoms with Crippen molar-refractivity contribution in [2.75, 3.05) is 0 Å². The summed E-state index contributed by atoms with van der Waals surface area (Å²) in [5, 5.41) is 17.1. The van der Waals surface area contributed by atoms with E-state index in [1.54, 1.807) is 12.1 Å². The topological polar surface area (TPSA) is 66.2 Å². The first kappa shape index (κ1) is 34.4. The van der Waals surface area contributed by atoms with E-state index in [0.29, 0.717) is 5.46 Å². The fourth-order valence-electron chi connectivity index (χ4n) is 4.61. The molecule has 0 aliphatic carbocycles. The van der Waals surface area contributed by atoms with Gasteiger partial charge < -0.3 is 10.0 Å². The minimum absolute atomic E-state index is 0.217. The highest BCUT2D eigenvalue weighted by Crippen LogP contribution is 2.28. The molecule has 0 unspecified atom stereocenters. The zero-order valence-electron chi connectivity index (χ0n) is 26.0. The van der Waals surface area contributed by atoms with E-state index in [0.717, 1.165) is 38.1 Å². The van der Waals surface area contributed by atoms with Gasteiger partial charge in [0.05, 0.1) is 11.4 Å². The van der Waals surface area contributed by atoms with Crippen LogP contribution in [0.25, 0.3) is 33.6 Å². The van der Waals surface area contributed by atoms with Crippen LogP contribution in [-0.2, 0) is 0 Å². The molecule has 2 N–H and O–H groups in total. The van der Waals surface area contributed by atoms with Gasteiger partial charge in [0.25, 0.3) is 0 Å². The van der Waals surface area contributed by atoms with Crippen LogP contribution in [-0.4, -0.2) is 27.1 Å². The molecule has 46 heavy (non-hydrogen) atoms. The summed E-state index contributed by atoms with van der Waals surface area (Å²) in [4.78, 5) is 8.93. The summed E-state index contributed by atoms with van der Waals surface area (Å²) < 4.78 is 26.3. The van der Waals surface area contributed by atoms with Gasteiger partial charge in [-0.1, -0.05) is 70.5 Å². The van der Waals surface area contributed by atoms with Crippen molar-refractivity contribution in [2.24, 2.45) is 0 Å². The number of benzene rings is 4. The number of hydrogen-bond donors (Lipinski definition) is 2. The molecule has 0 saturated carbocycles. The van der Waals surface area contributed by atoms with Crippen molar-refractivity contribution in [3.8, 4) is 33.6 Å². The summed E-state index contributed by atoms with van der Waals surface area (Å²) >= 11 is 3.47. The Labute approximate surface area is 277 Å². The van der Waals surface area contributed by atoms with Gasteiger partial charge in [-0.15, -0.1) is 0 Å². The van der Waals surface area contributed by atoms with Crippen LogP contribution < -0.4 is 5.46 Å². The first-order chi connectivity index (χ1) is 22.0. The summed E-state index contributed by atoms with van der Waals surface area (Å²) in [5.41, 5.74) is 11.6. The zero-order valence-corrected chi connectivity index (χ0v) is 27.6. The van der Waals surface area contributed by atoms with Crippen molar-refractivity contribution < 1.29 is 18.8 Å². The van der Waals surface area contributed by atoms with E-state index in [1.807, 2.05) is 48.8 Å². The molecule has 6 rings (SSSR count). The molecule has 0 atom stereocenters. The number of rotatable bonds is 4. The second kappa shape index (κ2) is 16.2. The quantitative estimate of drug-likeness (QED) is 0.183. The maximum atomic E-state index is 13.0. The fraction of sp³-hybridized carbons (Fsp3) is 0.105. The van der Waals surface area contributed by atoms with Crippen LogP contribution in [0.4, 0.5) is 8.78 Å². The van der Waals surface area contributed by atoms with E-state index in [2.05, 4.69) is 77.9 Å². The first-order valence-corrected chi connectivity index (χ1v) is 15.4. The molecule has 0 aliphatic heterocycles. The lowest BCUT2D eigenvalue weighted by Gasteiger charge is -2.09. The summed E-state index contributed by atoms with van der Waals surface area (Å²) in [7, 11) is -1.51. The van der Waals surface area contributed by atoms with Gasteiger partial charge in [-0.3, -0.25) is 9.97 Å². The van der Waals surface area contributed by atoms with E-state index in [1.165, 1.54) is 58.7 Å². The van der Waals surface area contributed by atoms with E-state index >= 15 is 0 Å². The van der Waals surface area contributed by atoms with Gasteiger partial charge in [0.1, 0.15) is 11.6 Å². The number of halogens is 3. The molecule has 0 radical (unpaired) electrons. The molecule has 0 bridgehead atoms. The summed E-state index contributed by atoms with van der Waals surface area (Å²) in [5.74, 6) is -0.601. The molecule has 0 aliphatic rings. The second-order valence-electron chi connectivity index (χ2n) is 10.7. The molecule has 0 fully saturated rings. The highest BCUT2D eigenvalue weighted by atomic mass is 79.9. The third kappa shape index (κ3) is 9.27. The first-order valence-electron chi connectivity index (χ1n) is 14.6. The molecule has 4 nitrogen and oxygen atoms in total. The van der Waals surface area contributed by atoms with Crippen molar-refractivity contribution in [2.45, 2.75) is 27.7 Å². The third-order valence-electron chi connectivity index (χ3n) is 7.53. The van der Waals surface area contributed by atoms with Crippen LogP contribution >= 0.6 is 15.9 Å². The number of pyridine rings is 2. The van der Waals surface area contributed by atoms with Gasteiger partial charge in [0.2, 0.25) is 0 Å². The van der Waals surface area contributed by atoms with E-state index in [4.69, 9.17) is 10.0 Å². The highest BCUT2D eigenvalue weighted by Gasteiger charge is 2.09. The van der Waals surface area contributed by atoms with E-state index < -0.39 is 7.12 Å². The van der Waals surface area contributed by atoms with Crippen LogP contribution in [0.3, 0.4) is 0 Å². The lowest BCUT2D eigenvalue weighted by Crippen LogP contribution is -2.29. The predicted octanol–water partition coefficient (Wildman–Crippen LogP) is 8.80. The Morgan fingerprint density at radius 1 is 0.543 bits per heavy atom. The lowest BCUT2D eigenvalue weighted by molar-refractivity contribution is 0.425. The van der Waals surface area contributed by atoms with Gasteiger partial charge >= 0.3 is 7.12 Å².